The molecule has 0 aliphatic rings. The van der Waals surface area contributed by atoms with E-state index >= 15 is 0 Å². The van der Waals surface area contributed by atoms with Crippen molar-refractivity contribution in [1.29, 1.82) is 0 Å². The summed E-state index contributed by atoms with van der Waals surface area (Å²) in [6.45, 7) is 2.15. The molecule has 1 heteroatoms. The van der Waals surface area contributed by atoms with Crippen LogP contribution in [0.5, 0.6) is 0 Å². The van der Waals surface area contributed by atoms with Crippen LogP contribution in [0.1, 0.15) is 5.56 Å². The van der Waals surface area contributed by atoms with Gasteiger partial charge in [0, 0.05) is 0 Å². The van der Waals surface area contributed by atoms with Crippen LogP contribution in [0.4, 0.5) is 0 Å². The van der Waals surface area contributed by atoms with Crippen LogP contribution in [0.2, 0.25) is 0 Å². The third-order valence-electron chi connectivity index (χ3n) is 3.37. The summed E-state index contributed by atoms with van der Waals surface area (Å²) in [5.41, 5.74) is 1.34. The summed E-state index contributed by atoms with van der Waals surface area (Å²) in [6, 6.07) is 29.9. The largest absolute Gasteiger partial charge is 2.00 e. The van der Waals surface area contributed by atoms with Gasteiger partial charge in [0.05, 0.1) is 0 Å². The van der Waals surface area contributed by atoms with Gasteiger partial charge in [-0.2, -0.15) is 42.5 Å². The molecular weight excluding hydrogens is 331 g/mol. The Bertz CT molecular complexity index is 786. The molecule has 0 aliphatic heterocycles. The molecule has 0 heterocycles. The van der Waals surface area contributed by atoms with Gasteiger partial charge in [-0.25, -0.2) is 0 Å². The fourth-order valence-corrected chi connectivity index (χ4v) is 2.46. The zero-order valence-corrected chi connectivity index (χ0v) is 14.5. The van der Waals surface area contributed by atoms with E-state index in [1.54, 1.807) is 0 Å². The second-order valence-corrected chi connectivity index (χ2v) is 4.90. The zero-order valence-electron chi connectivity index (χ0n) is 12.0. The second kappa shape index (κ2) is 7.43. The Kier molecular flexibility index (Phi) is 5.59. The third kappa shape index (κ3) is 3.74. The van der Waals surface area contributed by atoms with E-state index in [1.807, 2.05) is 30.3 Å². The zero-order chi connectivity index (χ0) is 13.8. The Morgan fingerprint density at radius 1 is 0.810 bits per heavy atom. The average molecular weight is 348 g/mol. The van der Waals surface area contributed by atoms with Crippen molar-refractivity contribution in [2.75, 3.05) is 0 Å². The van der Waals surface area contributed by atoms with E-state index in [4.69, 9.17) is 0 Å². The van der Waals surface area contributed by atoms with Crippen molar-refractivity contribution in [3.63, 3.8) is 0 Å². The van der Waals surface area contributed by atoms with Crippen LogP contribution >= 0.6 is 0 Å². The molecular formula is C20H16Zr. The minimum atomic E-state index is 0. The van der Waals surface area contributed by atoms with Crippen LogP contribution in [-0.4, -0.2) is 0 Å². The van der Waals surface area contributed by atoms with Gasteiger partial charge in [-0.05, 0) is 0 Å². The van der Waals surface area contributed by atoms with Crippen molar-refractivity contribution >= 4 is 21.5 Å². The Labute approximate surface area is 144 Å². The molecule has 21 heavy (non-hydrogen) atoms. The van der Waals surface area contributed by atoms with E-state index in [-0.39, 0.29) is 26.2 Å². The molecule has 0 bridgehead atoms. The van der Waals surface area contributed by atoms with Crippen molar-refractivity contribution < 1.29 is 26.2 Å². The van der Waals surface area contributed by atoms with Gasteiger partial charge in [0.25, 0.3) is 0 Å². The smallest absolute Gasteiger partial charge is 0.184 e. The molecule has 100 valence electrons. The van der Waals surface area contributed by atoms with Crippen LogP contribution in [0.25, 0.3) is 21.5 Å². The van der Waals surface area contributed by atoms with Crippen molar-refractivity contribution in [2.45, 2.75) is 6.92 Å². The van der Waals surface area contributed by atoms with Crippen LogP contribution in [-0.2, 0) is 26.2 Å². The predicted octanol–water partition coefficient (Wildman–Crippen LogP) is 5.50. The van der Waals surface area contributed by atoms with Crippen LogP contribution in [0.3, 0.4) is 0 Å². The summed E-state index contributed by atoms with van der Waals surface area (Å²) in [6.07, 6.45) is 0. The van der Waals surface area contributed by atoms with Gasteiger partial charge >= 0.3 is 26.2 Å². The normalized spacial score (nSPS) is 9.76. The second-order valence-electron chi connectivity index (χ2n) is 4.90. The monoisotopic (exact) mass is 346 g/mol. The quantitative estimate of drug-likeness (QED) is 0.368. The number of hydrogen-bond acceptors (Lipinski definition) is 0. The molecule has 0 N–H and O–H groups in total. The maximum absolute atomic E-state index is 2.89. The predicted molar refractivity (Wildman–Crippen MR) is 87.1 cm³/mol. The van der Waals surface area contributed by atoms with Gasteiger partial charge in [-0.3, -0.25) is 0 Å². The van der Waals surface area contributed by atoms with E-state index < -0.39 is 0 Å². The number of hydrogen-bond donors (Lipinski definition) is 0. The van der Waals surface area contributed by atoms with Crippen LogP contribution in [0.15, 0.2) is 78.9 Å². The first-order valence-electron chi connectivity index (χ1n) is 6.80. The molecule has 0 saturated heterocycles. The topological polar surface area (TPSA) is 0 Å². The minimum Gasteiger partial charge on any atom is -0.184 e. The Morgan fingerprint density at radius 3 is 2.19 bits per heavy atom. The van der Waals surface area contributed by atoms with Crippen LogP contribution < -0.4 is 0 Å². The minimum absolute atomic E-state index is 0. The fourth-order valence-electron chi connectivity index (χ4n) is 2.46. The van der Waals surface area contributed by atoms with Gasteiger partial charge in [0.2, 0.25) is 0 Å². The van der Waals surface area contributed by atoms with Crippen LogP contribution in [0, 0.1) is 13.0 Å². The summed E-state index contributed by atoms with van der Waals surface area (Å²) < 4.78 is 0. The first-order chi connectivity index (χ1) is 9.84. The van der Waals surface area contributed by atoms with Gasteiger partial charge in [0.1, 0.15) is 0 Å². The van der Waals surface area contributed by atoms with E-state index in [0.717, 1.165) is 0 Å². The molecule has 0 spiro atoms. The molecule has 0 atom stereocenters. The maximum Gasteiger partial charge on any atom is 2.00 e. The molecule has 0 saturated carbocycles. The summed E-state index contributed by atoms with van der Waals surface area (Å²) in [4.78, 5) is 0. The van der Waals surface area contributed by atoms with Crippen molar-refractivity contribution in [3.05, 3.63) is 90.5 Å². The van der Waals surface area contributed by atoms with E-state index in [0.29, 0.717) is 0 Å². The molecule has 0 nitrogen and oxygen atoms in total. The van der Waals surface area contributed by atoms with Gasteiger partial charge < -0.3 is 0 Å². The first-order valence-corrected chi connectivity index (χ1v) is 6.80. The molecule has 4 rings (SSSR count). The number of benzene rings is 3. The maximum atomic E-state index is 2.89. The molecule has 0 unspecified atom stereocenters. The van der Waals surface area contributed by atoms with Gasteiger partial charge in [0.15, 0.2) is 0 Å². The standard InChI is InChI=1S/C14H11.C6H5.Zr/c1-10-8-12-7-6-11-4-2-3-5-13(11)14(12)9-10;1-2-4-6-5-3-1;/h2-9H,1H3;1-5H;/q2*-1;+2. The van der Waals surface area contributed by atoms with Gasteiger partial charge in [-0.15, -0.1) is 28.5 Å². The van der Waals surface area contributed by atoms with E-state index in [9.17, 15) is 0 Å². The Hall–Kier alpha value is -1.59. The molecule has 0 aliphatic carbocycles. The first kappa shape index (κ1) is 15.8. The number of rotatable bonds is 0. The Balaban J connectivity index is 0.000000197. The molecule has 4 aromatic rings. The van der Waals surface area contributed by atoms with Crippen molar-refractivity contribution in [3.8, 4) is 0 Å². The summed E-state index contributed by atoms with van der Waals surface area (Å²) in [5, 5.41) is 5.41. The third-order valence-corrected chi connectivity index (χ3v) is 3.37. The fraction of sp³-hybridized carbons (Fsp3) is 0.0500. The summed E-state index contributed by atoms with van der Waals surface area (Å²) in [7, 11) is 0. The molecule has 0 fully saturated rings. The van der Waals surface area contributed by atoms with Gasteiger partial charge in [-0.1, -0.05) is 48.0 Å². The summed E-state index contributed by atoms with van der Waals surface area (Å²) in [5.74, 6) is 0. The number of aryl methyl sites for hydroxylation is 1. The molecule has 0 amide bonds. The number of fused-ring (bicyclic) bond motifs is 3. The average Bonchev–Trinajstić information content (AvgIpc) is 2.90. The Morgan fingerprint density at radius 2 is 1.52 bits per heavy atom. The van der Waals surface area contributed by atoms with E-state index in [2.05, 4.69) is 61.5 Å². The summed E-state index contributed by atoms with van der Waals surface area (Å²) >= 11 is 0. The van der Waals surface area contributed by atoms with Crippen molar-refractivity contribution in [1.82, 2.24) is 0 Å². The molecule has 0 aromatic heterocycles. The SMILES string of the molecule is Cc1cc2ccc3ccccc3c2[cH-]1.[Zr+2].[c-]1ccccc1. The van der Waals surface area contributed by atoms with E-state index in [1.165, 1.54) is 27.1 Å². The molecule has 4 aromatic carbocycles. The molecule has 0 radical (unpaired) electrons. The van der Waals surface area contributed by atoms with Crippen molar-refractivity contribution in [2.24, 2.45) is 0 Å².